The van der Waals surface area contributed by atoms with Crippen molar-refractivity contribution in [1.82, 2.24) is 0 Å². The molecule has 0 fully saturated rings. The Morgan fingerprint density at radius 3 is 2.44 bits per heavy atom. The molecule has 0 aromatic heterocycles. The molecule has 0 radical (unpaired) electrons. The highest BCUT2D eigenvalue weighted by atomic mass is 19.1. The lowest BCUT2D eigenvalue weighted by Crippen LogP contribution is -2.09. The maximum atomic E-state index is 13.6. The van der Waals surface area contributed by atoms with Crippen molar-refractivity contribution in [3.63, 3.8) is 0 Å². The van der Waals surface area contributed by atoms with E-state index in [0.717, 1.165) is 5.56 Å². The van der Waals surface area contributed by atoms with Gasteiger partial charge in [0.1, 0.15) is 23.7 Å². The normalized spacial score (nSPS) is 10.8. The van der Waals surface area contributed by atoms with Gasteiger partial charge in [0.05, 0.1) is 12.7 Å². The minimum absolute atomic E-state index is 0.151. The first-order chi connectivity index (χ1) is 13.0. The molecule has 4 nitrogen and oxygen atoms in total. The fourth-order valence-electron chi connectivity index (χ4n) is 2.36. The molecule has 0 atom stereocenters. The van der Waals surface area contributed by atoms with E-state index in [4.69, 9.17) is 9.47 Å². The van der Waals surface area contributed by atoms with Crippen molar-refractivity contribution in [2.24, 2.45) is 0 Å². The monoisotopic (exact) mass is 366 g/mol. The molecule has 0 unspecified atom stereocenters. The van der Waals surface area contributed by atoms with E-state index >= 15 is 0 Å². The summed E-state index contributed by atoms with van der Waals surface area (Å²) in [5.74, 6) is -1.90. The van der Waals surface area contributed by atoms with Crippen LogP contribution in [0.3, 0.4) is 0 Å². The number of allylic oxidation sites excluding steroid dienone is 4. The van der Waals surface area contributed by atoms with Crippen LogP contribution in [0.15, 0.2) is 85.2 Å². The average Bonchev–Trinajstić information content (AvgIpc) is 2.69. The van der Waals surface area contributed by atoms with Gasteiger partial charge >= 0.3 is 5.97 Å². The average molecular weight is 366 g/mol. The summed E-state index contributed by atoms with van der Waals surface area (Å²) in [6.07, 6.45) is 2.54. The lowest BCUT2D eigenvalue weighted by atomic mass is 10.00. The number of methoxy groups -OCH3 is 1. The van der Waals surface area contributed by atoms with Crippen LogP contribution in [0.4, 0.5) is 4.39 Å². The van der Waals surface area contributed by atoms with Gasteiger partial charge in [0.25, 0.3) is 0 Å². The number of carbonyl (C=O) groups excluding carboxylic acids is 2. The second kappa shape index (κ2) is 9.29. The fourth-order valence-corrected chi connectivity index (χ4v) is 2.36. The predicted octanol–water partition coefficient (Wildman–Crippen LogP) is 4.83. The SMILES string of the molecule is C=C/C=C(\C(=C)F)C(=O)c1ccc(C(=O)OC)c(OCc2ccccc2)c1. The summed E-state index contributed by atoms with van der Waals surface area (Å²) >= 11 is 0. The maximum absolute atomic E-state index is 13.6. The summed E-state index contributed by atoms with van der Waals surface area (Å²) in [4.78, 5) is 24.6. The molecule has 0 N–H and O–H groups in total. The van der Waals surface area contributed by atoms with Crippen molar-refractivity contribution in [3.8, 4) is 5.75 Å². The van der Waals surface area contributed by atoms with Gasteiger partial charge in [-0.25, -0.2) is 9.18 Å². The minimum atomic E-state index is -0.872. The van der Waals surface area contributed by atoms with Crippen LogP contribution in [0.5, 0.6) is 5.75 Å². The molecular formula is C22H19FO4. The Kier molecular flexibility index (Phi) is 6.83. The number of hydrogen-bond acceptors (Lipinski definition) is 4. The molecule has 0 saturated heterocycles. The summed E-state index contributed by atoms with van der Waals surface area (Å²) < 4.78 is 24.1. The predicted molar refractivity (Wildman–Crippen MR) is 101 cm³/mol. The van der Waals surface area contributed by atoms with E-state index in [1.54, 1.807) is 0 Å². The van der Waals surface area contributed by atoms with Crippen molar-refractivity contribution in [1.29, 1.82) is 0 Å². The van der Waals surface area contributed by atoms with Gasteiger partial charge < -0.3 is 9.47 Å². The topological polar surface area (TPSA) is 52.6 Å². The lowest BCUT2D eigenvalue weighted by molar-refractivity contribution is 0.0595. The third-order valence-electron chi connectivity index (χ3n) is 3.71. The molecular weight excluding hydrogens is 347 g/mol. The second-order valence-electron chi connectivity index (χ2n) is 5.53. The summed E-state index contributed by atoms with van der Waals surface area (Å²) in [6, 6.07) is 13.5. The number of hydrogen-bond donors (Lipinski definition) is 0. The van der Waals surface area contributed by atoms with E-state index in [-0.39, 0.29) is 29.1 Å². The molecule has 5 heteroatoms. The van der Waals surface area contributed by atoms with Gasteiger partial charge in [-0.3, -0.25) is 4.79 Å². The van der Waals surface area contributed by atoms with Crippen molar-refractivity contribution in [2.45, 2.75) is 6.61 Å². The van der Waals surface area contributed by atoms with Gasteiger partial charge in [0.15, 0.2) is 5.78 Å². The van der Waals surface area contributed by atoms with Crippen LogP contribution in [0.25, 0.3) is 0 Å². The van der Waals surface area contributed by atoms with Gasteiger partial charge in [0, 0.05) is 5.56 Å². The number of Topliss-reactive ketones (excluding diaryl/α,β-unsaturated/α-hetero) is 1. The summed E-state index contributed by atoms with van der Waals surface area (Å²) in [7, 11) is 1.25. The summed E-state index contributed by atoms with van der Waals surface area (Å²) in [5, 5.41) is 0. The number of halogens is 1. The van der Waals surface area contributed by atoms with Gasteiger partial charge in [0.2, 0.25) is 0 Å². The molecule has 0 heterocycles. The first kappa shape index (κ1) is 19.8. The highest BCUT2D eigenvalue weighted by molar-refractivity contribution is 6.12. The van der Waals surface area contributed by atoms with Gasteiger partial charge in [-0.2, -0.15) is 0 Å². The molecule has 0 bridgehead atoms. The second-order valence-corrected chi connectivity index (χ2v) is 5.53. The number of benzene rings is 2. The Morgan fingerprint density at radius 1 is 1.15 bits per heavy atom. The quantitative estimate of drug-likeness (QED) is 0.291. The number of esters is 1. The van der Waals surface area contributed by atoms with E-state index in [0.29, 0.717) is 0 Å². The van der Waals surface area contributed by atoms with Crippen LogP contribution in [0.1, 0.15) is 26.3 Å². The zero-order valence-electron chi connectivity index (χ0n) is 14.9. The molecule has 27 heavy (non-hydrogen) atoms. The molecule has 2 aromatic rings. The third-order valence-corrected chi connectivity index (χ3v) is 3.71. The first-order valence-electron chi connectivity index (χ1n) is 8.09. The number of ketones is 1. The molecule has 0 aliphatic carbocycles. The van der Waals surface area contributed by atoms with Gasteiger partial charge in [-0.05, 0) is 29.8 Å². The third kappa shape index (κ3) is 5.01. The molecule has 2 aromatic carbocycles. The molecule has 138 valence electrons. The first-order valence-corrected chi connectivity index (χ1v) is 8.09. The Morgan fingerprint density at radius 2 is 1.85 bits per heavy atom. The standard InChI is InChI=1S/C22H19FO4/c1-4-8-18(15(2)23)21(24)17-11-12-19(22(25)26-3)20(13-17)27-14-16-9-6-5-7-10-16/h4-13H,1-2,14H2,3H3/b18-8+. The summed E-state index contributed by atoms with van der Waals surface area (Å²) in [6.45, 7) is 6.82. The van der Waals surface area contributed by atoms with E-state index in [1.165, 1.54) is 37.5 Å². The van der Waals surface area contributed by atoms with Crippen molar-refractivity contribution in [3.05, 3.63) is 102 Å². The zero-order chi connectivity index (χ0) is 19.8. The Hall–Kier alpha value is -3.47. The molecule has 0 saturated carbocycles. The Labute approximate surface area is 157 Å². The van der Waals surface area contributed by atoms with Crippen molar-refractivity contribution >= 4 is 11.8 Å². The molecule has 0 aliphatic heterocycles. The van der Waals surface area contributed by atoms with E-state index in [2.05, 4.69) is 13.2 Å². The highest BCUT2D eigenvalue weighted by Crippen LogP contribution is 2.25. The van der Waals surface area contributed by atoms with Crippen molar-refractivity contribution in [2.75, 3.05) is 7.11 Å². The zero-order valence-corrected chi connectivity index (χ0v) is 14.9. The molecule has 0 amide bonds. The van der Waals surface area contributed by atoms with Gasteiger partial charge in [-0.1, -0.05) is 49.6 Å². The largest absolute Gasteiger partial charge is 0.488 e. The minimum Gasteiger partial charge on any atom is -0.488 e. The van der Waals surface area contributed by atoms with Crippen LogP contribution in [-0.4, -0.2) is 18.9 Å². The van der Waals surface area contributed by atoms with E-state index in [1.807, 2.05) is 30.3 Å². The summed E-state index contributed by atoms with van der Waals surface area (Å²) in [5.41, 5.74) is 0.982. The Balaban J connectivity index is 2.39. The number of ether oxygens (including phenoxy) is 2. The number of carbonyl (C=O) groups is 2. The van der Waals surface area contributed by atoms with Crippen LogP contribution in [-0.2, 0) is 11.3 Å². The number of rotatable bonds is 8. The smallest absolute Gasteiger partial charge is 0.341 e. The van der Waals surface area contributed by atoms with Crippen LogP contribution < -0.4 is 4.74 Å². The van der Waals surface area contributed by atoms with Gasteiger partial charge in [-0.15, -0.1) is 0 Å². The van der Waals surface area contributed by atoms with E-state index < -0.39 is 17.6 Å². The lowest BCUT2D eigenvalue weighted by Gasteiger charge is -2.12. The van der Waals surface area contributed by atoms with Crippen LogP contribution >= 0.6 is 0 Å². The van der Waals surface area contributed by atoms with E-state index in [9.17, 15) is 14.0 Å². The Bertz CT molecular complexity index is 898. The fraction of sp³-hybridized carbons (Fsp3) is 0.0909. The van der Waals surface area contributed by atoms with Crippen molar-refractivity contribution < 1.29 is 23.5 Å². The molecule has 2 rings (SSSR count). The highest BCUT2D eigenvalue weighted by Gasteiger charge is 2.20. The van der Waals surface area contributed by atoms with Crippen LogP contribution in [0, 0.1) is 0 Å². The van der Waals surface area contributed by atoms with Crippen LogP contribution in [0.2, 0.25) is 0 Å². The maximum Gasteiger partial charge on any atom is 0.341 e. The molecule has 0 spiro atoms. The molecule has 0 aliphatic rings.